The molecule has 1 aromatic heterocycles. The number of hydrogen-bond acceptors (Lipinski definition) is 3. The number of aryl methyl sites for hydroxylation is 1. The van der Waals surface area contributed by atoms with Crippen LogP contribution in [0.2, 0.25) is 0 Å². The van der Waals surface area contributed by atoms with E-state index >= 15 is 0 Å². The number of nitrogens with one attached hydrogen (secondary N) is 1. The highest BCUT2D eigenvalue weighted by Crippen LogP contribution is 2.18. The largest absolute Gasteiger partial charge is 0.310 e. The number of rotatable bonds is 4. The predicted molar refractivity (Wildman–Crippen MR) is 69.6 cm³/mol. The molecule has 0 aliphatic heterocycles. The maximum atomic E-state index is 4.35. The minimum atomic E-state index is 0.727. The Balaban J connectivity index is 2.17. The molecule has 0 amide bonds. The third-order valence-corrected chi connectivity index (χ3v) is 2.59. The molecule has 0 aliphatic carbocycles. The van der Waals surface area contributed by atoms with E-state index in [1.54, 1.807) is 0 Å². The molecule has 1 heterocycles. The van der Waals surface area contributed by atoms with Crippen LogP contribution < -0.4 is 5.32 Å². The van der Waals surface area contributed by atoms with Gasteiger partial charge in [0.25, 0.3) is 0 Å². The Labute approximate surface area is 102 Å². The van der Waals surface area contributed by atoms with Gasteiger partial charge in [-0.25, -0.2) is 9.97 Å². The van der Waals surface area contributed by atoms with Gasteiger partial charge in [0.2, 0.25) is 0 Å². The Morgan fingerprint density at radius 2 is 1.88 bits per heavy atom. The first kappa shape index (κ1) is 11.7. The van der Waals surface area contributed by atoms with E-state index in [1.165, 1.54) is 11.1 Å². The van der Waals surface area contributed by atoms with Crippen LogP contribution in [0.3, 0.4) is 0 Å². The molecule has 17 heavy (non-hydrogen) atoms. The van der Waals surface area contributed by atoms with Crippen molar-refractivity contribution >= 4 is 0 Å². The molecule has 3 nitrogen and oxygen atoms in total. The summed E-state index contributed by atoms with van der Waals surface area (Å²) in [4.78, 5) is 8.70. The van der Waals surface area contributed by atoms with Crippen LogP contribution in [0, 0.1) is 6.92 Å². The summed E-state index contributed by atoms with van der Waals surface area (Å²) in [6.45, 7) is 5.82. The van der Waals surface area contributed by atoms with Crippen molar-refractivity contribution in [2.24, 2.45) is 0 Å². The Bertz CT molecular complexity index is 477. The van der Waals surface area contributed by atoms with E-state index in [0.717, 1.165) is 24.5 Å². The summed E-state index contributed by atoms with van der Waals surface area (Å²) in [5, 5.41) is 3.21. The van der Waals surface area contributed by atoms with E-state index in [4.69, 9.17) is 0 Å². The molecule has 0 saturated carbocycles. The van der Waals surface area contributed by atoms with Gasteiger partial charge in [-0.1, -0.05) is 36.8 Å². The van der Waals surface area contributed by atoms with E-state index in [2.05, 4.69) is 53.4 Å². The lowest BCUT2D eigenvalue weighted by molar-refractivity contribution is 0.690. The van der Waals surface area contributed by atoms with Crippen LogP contribution >= 0.6 is 0 Å². The maximum Gasteiger partial charge on any atom is 0.141 e. The van der Waals surface area contributed by atoms with E-state index in [1.807, 2.05) is 12.4 Å². The molecule has 0 fully saturated rings. The Kier molecular flexibility index (Phi) is 3.83. The first-order valence-corrected chi connectivity index (χ1v) is 5.88. The molecule has 88 valence electrons. The van der Waals surface area contributed by atoms with E-state index in [0.29, 0.717) is 0 Å². The van der Waals surface area contributed by atoms with Crippen molar-refractivity contribution in [3.8, 4) is 11.1 Å². The number of nitrogens with zero attached hydrogens (tertiary/aromatic N) is 2. The minimum absolute atomic E-state index is 0.727. The van der Waals surface area contributed by atoms with Crippen molar-refractivity contribution in [2.45, 2.75) is 20.4 Å². The molecular weight excluding hydrogens is 210 g/mol. The van der Waals surface area contributed by atoms with Crippen LogP contribution in [0.4, 0.5) is 0 Å². The number of hydrogen-bond donors (Lipinski definition) is 1. The molecule has 0 spiro atoms. The minimum Gasteiger partial charge on any atom is -0.310 e. The second kappa shape index (κ2) is 5.55. The molecule has 0 atom stereocenters. The lowest BCUT2D eigenvalue weighted by Gasteiger charge is -2.04. The van der Waals surface area contributed by atoms with Crippen LogP contribution in [0.5, 0.6) is 0 Å². The van der Waals surface area contributed by atoms with Gasteiger partial charge in [0.1, 0.15) is 5.82 Å². The summed E-state index contributed by atoms with van der Waals surface area (Å²) < 4.78 is 0. The van der Waals surface area contributed by atoms with Gasteiger partial charge in [-0.3, -0.25) is 0 Å². The molecule has 0 unspecified atom stereocenters. The fraction of sp³-hybridized carbons (Fsp3) is 0.286. The van der Waals surface area contributed by atoms with Crippen LogP contribution in [-0.2, 0) is 6.54 Å². The van der Waals surface area contributed by atoms with Gasteiger partial charge in [-0.15, -0.1) is 0 Å². The van der Waals surface area contributed by atoms with Crippen LogP contribution in [-0.4, -0.2) is 16.5 Å². The number of benzene rings is 1. The lowest BCUT2D eigenvalue weighted by Crippen LogP contribution is -2.14. The van der Waals surface area contributed by atoms with Crippen LogP contribution in [0.25, 0.3) is 11.1 Å². The highest BCUT2D eigenvalue weighted by Gasteiger charge is 2.00. The molecule has 2 aromatic rings. The van der Waals surface area contributed by atoms with Crippen molar-refractivity contribution in [1.82, 2.24) is 15.3 Å². The standard InChI is InChI=1S/C14H17N3/c1-3-15-10-14-16-8-13(9-17-14)12-6-4-5-11(2)7-12/h4-9,15H,3,10H2,1-2H3. The second-order valence-corrected chi connectivity index (χ2v) is 4.04. The summed E-state index contributed by atoms with van der Waals surface area (Å²) >= 11 is 0. The molecule has 2 rings (SSSR count). The van der Waals surface area contributed by atoms with Crippen molar-refractivity contribution in [3.63, 3.8) is 0 Å². The number of aromatic nitrogens is 2. The smallest absolute Gasteiger partial charge is 0.141 e. The normalized spacial score (nSPS) is 10.5. The quantitative estimate of drug-likeness (QED) is 0.872. The zero-order valence-corrected chi connectivity index (χ0v) is 10.3. The van der Waals surface area contributed by atoms with E-state index in [9.17, 15) is 0 Å². The highest BCUT2D eigenvalue weighted by atomic mass is 14.9. The van der Waals surface area contributed by atoms with Crippen LogP contribution in [0.1, 0.15) is 18.3 Å². The first-order valence-electron chi connectivity index (χ1n) is 5.88. The van der Waals surface area contributed by atoms with Gasteiger partial charge in [-0.2, -0.15) is 0 Å². The lowest BCUT2D eigenvalue weighted by atomic mass is 10.1. The summed E-state index contributed by atoms with van der Waals surface area (Å²) in [5.41, 5.74) is 3.48. The van der Waals surface area contributed by atoms with Crippen molar-refractivity contribution < 1.29 is 0 Å². The van der Waals surface area contributed by atoms with Gasteiger partial charge in [-0.05, 0) is 19.0 Å². The molecule has 1 N–H and O–H groups in total. The van der Waals surface area contributed by atoms with Crippen LogP contribution in [0.15, 0.2) is 36.7 Å². The van der Waals surface area contributed by atoms with Gasteiger partial charge in [0.05, 0.1) is 6.54 Å². The predicted octanol–water partition coefficient (Wildman–Crippen LogP) is 2.56. The van der Waals surface area contributed by atoms with Gasteiger partial charge >= 0.3 is 0 Å². The zero-order valence-electron chi connectivity index (χ0n) is 10.3. The molecule has 0 radical (unpaired) electrons. The zero-order chi connectivity index (χ0) is 12.1. The third-order valence-electron chi connectivity index (χ3n) is 2.59. The Hall–Kier alpha value is -1.74. The Morgan fingerprint density at radius 3 is 2.53 bits per heavy atom. The molecule has 0 bridgehead atoms. The van der Waals surface area contributed by atoms with Crippen molar-refractivity contribution in [1.29, 1.82) is 0 Å². The fourth-order valence-electron chi connectivity index (χ4n) is 1.66. The highest BCUT2D eigenvalue weighted by molar-refractivity contribution is 5.62. The first-order chi connectivity index (χ1) is 8.29. The van der Waals surface area contributed by atoms with Crippen molar-refractivity contribution in [3.05, 3.63) is 48.0 Å². The average molecular weight is 227 g/mol. The summed E-state index contributed by atoms with van der Waals surface area (Å²) in [6.07, 6.45) is 3.77. The average Bonchev–Trinajstić information content (AvgIpc) is 2.37. The molecule has 0 aliphatic rings. The molecule has 1 aromatic carbocycles. The van der Waals surface area contributed by atoms with E-state index in [-0.39, 0.29) is 0 Å². The topological polar surface area (TPSA) is 37.8 Å². The molecular formula is C14H17N3. The SMILES string of the molecule is CCNCc1ncc(-c2cccc(C)c2)cn1. The maximum absolute atomic E-state index is 4.35. The fourth-order valence-corrected chi connectivity index (χ4v) is 1.66. The third kappa shape index (κ3) is 3.11. The Morgan fingerprint density at radius 1 is 1.12 bits per heavy atom. The monoisotopic (exact) mass is 227 g/mol. The summed E-state index contributed by atoms with van der Waals surface area (Å²) in [7, 11) is 0. The molecule has 3 heteroatoms. The second-order valence-electron chi connectivity index (χ2n) is 4.04. The van der Waals surface area contributed by atoms with Crippen molar-refractivity contribution in [2.75, 3.05) is 6.54 Å². The van der Waals surface area contributed by atoms with Gasteiger partial charge < -0.3 is 5.32 Å². The van der Waals surface area contributed by atoms with E-state index < -0.39 is 0 Å². The van der Waals surface area contributed by atoms with Gasteiger partial charge in [0, 0.05) is 18.0 Å². The summed E-state index contributed by atoms with van der Waals surface area (Å²) in [6, 6.07) is 8.36. The molecule has 0 saturated heterocycles. The van der Waals surface area contributed by atoms with Gasteiger partial charge in [0.15, 0.2) is 0 Å². The summed E-state index contributed by atoms with van der Waals surface area (Å²) in [5.74, 6) is 0.836.